The summed E-state index contributed by atoms with van der Waals surface area (Å²) < 4.78 is 5.14. The highest BCUT2D eigenvalue weighted by Crippen LogP contribution is 2.12. The lowest BCUT2D eigenvalue weighted by molar-refractivity contribution is 0.151. The van der Waals surface area contributed by atoms with Gasteiger partial charge in [0.2, 0.25) is 0 Å². The molecule has 0 amide bonds. The van der Waals surface area contributed by atoms with Crippen molar-refractivity contribution >= 4 is 0 Å². The van der Waals surface area contributed by atoms with Crippen LogP contribution in [0.2, 0.25) is 0 Å². The number of hydrogen-bond donors (Lipinski definition) is 1. The summed E-state index contributed by atoms with van der Waals surface area (Å²) in [5.74, 6) is 0. The summed E-state index contributed by atoms with van der Waals surface area (Å²) in [6, 6.07) is 8.48. The molecule has 100 valence electrons. The predicted molar refractivity (Wildman–Crippen MR) is 76.6 cm³/mol. The van der Waals surface area contributed by atoms with E-state index >= 15 is 0 Å². The molecule has 0 spiro atoms. The van der Waals surface area contributed by atoms with Crippen LogP contribution >= 0.6 is 0 Å². The van der Waals surface area contributed by atoms with Gasteiger partial charge in [-0.25, -0.2) is 0 Å². The summed E-state index contributed by atoms with van der Waals surface area (Å²) in [5.41, 5.74) is 8.34. The molecule has 0 unspecified atom stereocenters. The fourth-order valence-electron chi connectivity index (χ4n) is 1.99. The van der Waals surface area contributed by atoms with Crippen molar-refractivity contribution in [3.05, 3.63) is 48.0 Å². The van der Waals surface area contributed by atoms with Crippen LogP contribution in [0.1, 0.15) is 11.1 Å². The van der Waals surface area contributed by atoms with Gasteiger partial charge in [0.15, 0.2) is 0 Å². The Labute approximate surface area is 110 Å². The Balaban J connectivity index is 2.69. The van der Waals surface area contributed by atoms with Gasteiger partial charge in [0, 0.05) is 26.7 Å². The van der Waals surface area contributed by atoms with Crippen molar-refractivity contribution in [2.45, 2.75) is 13.0 Å². The molecule has 0 fully saturated rings. The van der Waals surface area contributed by atoms with E-state index in [0.717, 1.165) is 32.7 Å². The normalized spacial score (nSPS) is 10.8. The van der Waals surface area contributed by atoms with Gasteiger partial charge in [-0.1, -0.05) is 30.3 Å². The molecule has 1 aromatic rings. The standard InChI is InChI=1S/C15H24N2O/c1-3-10-17(11-12-18-2)13-15-7-5-4-6-14(15)8-9-16/h3-7H,1,8-13,16H2,2H3. The monoisotopic (exact) mass is 248 g/mol. The molecule has 0 bridgehead atoms. The van der Waals surface area contributed by atoms with Crippen molar-refractivity contribution in [3.63, 3.8) is 0 Å². The van der Waals surface area contributed by atoms with E-state index in [9.17, 15) is 0 Å². The average molecular weight is 248 g/mol. The minimum Gasteiger partial charge on any atom is -0.383 e. The third-order valence-corrected chi connectivity index (χ3v) is 2.92. The van der Waals surface area contributed by atoms with Gasteiger partial charge in [-0.05, 0) is 24.1 Å². The lowest BCUT2D eigenvalue weighted by Crippen LogP contribution is -2.27. The minimum atomic E-state index is 0.691. The molecule has 0 aliphatic rings. The van der Waals surface area contributed by atoms with Crippen molar-refractivity contribution in [3.8, 4) is 0 Å². The van der Waals surface area contributed by atoms with E-state index in [2.05, 4.69) is 35.7 Å². The number of methoxy groups -OCH3 is 1. The zero-order valence-electron chi connectivity index (χ0n) is 11.3. The SMILES string of the molecule is C=CCN(CCOC)Cc1ccccc1CCN. The van der Waals surface area contributed by atoms with E-state index in [1.165, 1.54) is 11.1 Å². The highest BCUT2D eigenvalue weighted by Gasteiger charge is 2.07. The largest absolute Gasteiger partial charge is 0.383 e. The highest BCUT2D eigenvalue weighted by atomic mass is 16.5. The van der Waals surface area contributed by atoms with Gasteiger partial charge in [0.25, 0.3) is 0 Å². The maximum Gasteiger partial charge on any atom is 0.0589 e. The Morgan fingerprint density at radius 2 is 2.06 bits per heavy atom. The molecule has 0 heterocycles. The topological polar surface area (TPSA) is 38.5 Å². The second-order valence-electron chi connectivity index (χ2n) is 4.32. The van der Waals surface area contributed by atoms with Crippen LogP contribution in [0.25, 0.3) is 0 Å². The first-order valence-corrected chi connectivity index (χ1v) is 6.40. The van der Waals surface area contributed by atoms with Gasteiger partial charge < -0.3 is 10.5 Å². The van der Waals surface area contributed by atoms with E-state index in [0.29, 0.717) is 6.54 Å². The Hall–Kier alpha value is -1.16. The third-order valence-electron chi connectivity index (χ3n) is 2.92. The van der Waals surface area contributed by atoms with Gasteiger partial charge in [-0.2, -0.15) is 0 Å². The predicted octanol–water partition coefficient (Wildman–Crippen LogP) is 1.82. The fraction of sp³-hybridized carbons (Fsp3) is 0.467. The third kappa shape index (κ3) is 5.00. The molecule has 0 aliphatic heterocycles. The zero-order chi connectivity index (χ0) is 13.2. The first-order chi connectivity index (χ1) is 8.81. The van der Waals surface area contributed by atoms with Crippen LogP contribution in [0, 0.1) is 0 Å². The molecule has 1 rings (SSSR count). The van der Waals surface area contributed by atoms with Crippen LogP contribution in [-0.2, 0) is 17.7 Å². The van der Waals surface area contributed by atoms with E-state index in [1.807, 2.05) is 6.08 Å². The number of ether oxygens (including phenoxy) is 1. The van der Waals surface area contributed by atoms with Gasteiger partial charge in [0.1, 0.15) is 0 Å². The summed E-state index contributed by atoms with van der Waals surface area (Å²) in [6.45, 7) is 7.95. The van der Waals surface area contributed by atoms with Crippen LogP contribution in [0.5, 0.6) is 0 Å². The molecular formula is C15H24N2O. The first-order valence-electron chi connectivity index (χ1n) is 6.40. The molecule has 2 N–H and O–H groups in total. The molecule has 3 heteroatoms. The molecule has 0 atom stereocenters. The minimum absolute atomic E-state index is 0.691. The van der Waals surface area contributed by atoms with Gasteiger partial charge in [-0.15, -0.1) is 6.58 Å². The first kappa shape index (κ1) is 14.9. The van der Waals surface area contributed by atoms with Crippen LogP contribution in [0.4, 0.5) is 0 Å². The van der Waals surface area contributed by atoms with Gasteiger partial charge in [0.05, 0.1) is 6.61 Å². The molecule has 1 aromatic carbocycles. The number of rotatable bonds is 9. The summed E-state index contributed by atoms with van der Waals surface area (Å²) in [5, 5.41) is 0. The fourth-order valence-corrected chi connectivity index (χ4v) is 1.99. The van der Waals surface area contributed by atoms with Crippen molar-refractivity contribution in [2.24, 2.45) is 5.73 Å². The second-order valence-corrected chi connectivity index (χ2v) is 4.32. The molecule has 18 heavy (non-hydrogen) atoms. The van der Waals surface area contributed by atoms with Gasteiger partial charge in [-0.3, -0.25) is 4.90 Å². The van der Waals surface area contributed by atoms with Crippen molar-refractivity contribution in [2.75, 3.05) is 33.4 Å². The molecule has 0 aliphatic carbocycles. The van der Waals surface area contributed by atoms with Crippen LogP contribution in [0.3, 0.4) is 0 Å². The Morgan fingerprint density at radius 3 is 2.67 bits per heavy atom. The zero-order valence-corrected chi connectivity index (χ0v) is 11.3. The number of hydrogen-bond acceptors (Lipinski definition) is 3. The summed E-state index contributed by atoms with van der Waals surface area (Å²) in [7, 11) is 1.73. The van der Waals surface area contributed by atoms with Gasteiger partial charge >= 0.3 is 0 Å². The Kier molecular flexibility index (Phi) is 7.34. The molecule has 0 saturated heterocycles. The summed E-state index contributed by atoms with van der Waals surface area (Å²) >= 11 is 0. The molecule has 0 saturated carbocycles. The highest BCUT2D eigenvalue weighted by molar-refractivity contribution is 5.27. The quantitative estimate of drug-likeness (QED) is 0.678. The average Bonchev–Trinajstić information content (AvgIpc) is 2.39. The van der Waals surface area contributed by atoms with Crippen LogP contribution in [-0.4, -0.2) is 38.3 Å². The van der Waals surface area contributed by atoms with Crippen LogP contribution < -0.4 is 5.73 Å². The number of nitrogens with two attached hydrogens (primary N) is 1. The summed E-state index contributed by atoms with van der Waals surface area (Å²) in [4.78, 5) is 2.33. The maximum atomic E-state index is 5.65. The summed E-state index contributed by atoms with van der Waals surface area (Å²) in [6.07, 6.45) is 2.86. The number of nitrogens with zero attached hydrogens (tertiary/aromatic N) is 1. The molecule has 0 aromatic heterocycles. The molecular weight excluding hydrogens is 224 g/mol. The van der Waals surface area contributed by atoms with Crippen molar-refractivity contribution in [1.82, 2.24) is 4.90 Å². The van der Waals surface area contributed by atoms with Crippen molar-refractivity contribution in [1.29, 1.82) is 0 Å². The Morgan fingerprint density at radius 1 is 1.33 bits per heavy atom. The molecule has 3 nitrogen and oxygen atoms in total. The van der Waals surface area contributed by atoms with Crippen molar-refractivity contribution < 1.29 is 4.74 Å². The van der Waals surface area contributed by atoms with E-state index in [1.54, 1.807) is 7.11 Å². The van der Waals surface area contributed by atoms with E-state index in [-0.39, 0.29) is 0 Å². The molecule has 0 radical (unpaired) electrons. The maximum absolute atomic E-state index is 5.65. The van der Waals surface area contributed by atoms with Crippen LogP contribution in [0.15, 0.2) is 36.9 Å². The van der Waals surface area contributed by atoms with E-state index < -0.39 is 0 Å². The lowest BCUT2D eigenvalue weighted by Gasteiger charge is -2.21. The number of benzene rings is 1. The van der Waals surface area contributed by atoms with E-state index in [4.69, 9.17) is 10.5 Å². The Bertz CT molecular complexity index is 352. The second kappa shape index (κ2) is 8.86. The lowest BCUT2D eigenvalue weighted by atomic mass is 10.0. The smallest absolute Gasteiger partial charge is 0.0589 e.